The van der Waals surface area contributed by atoms with E-state index in [1.165, 1.54) is 23.5 Å². The number of ether oxygens (including phenoxy) is 2. The van der Waals surface area contributed by atoms with Crippen molar-refractivity contribution in [3.63, 3.8) is 0 Å². The summed E-state index contributed by atoms with van der Waals surface area (Å²) in [5, 5.41) is 9.55. The standard InChI is InChI=1S/C24H33N3O6S/c1-3-16-33-21-6-4-19(5-7-21)23(24(28)26-29)27(17-18-12-14-25-15-13-18)34(30,31)22-10-8-20(32-2)9-11-22/h8-15,19,21,23,29H,3-7,16-17H2,1-2H3,(H,26,28)/t19?,21?,23-/m1/s1. The highest BCUT2D eigenvalue weighted by atomic mass is 32.2. The number of amides is 1. The van der Waals surface area contributed by atoms with Gasteiger partial charge in [-0.25, -0.2) is 13.9 Å². The summed E-state index contributed by atoms with van der Waals surface area (Å²) in [7, 11) is -2.60. The Morgan fingerprint density at radius 3 is 2.35 bits per heavy atom. The van der Waals surface area contributed by atoms with Crippen LogP contribution in [0, 0.1) is 5.92 Å². The molecule has 0 aliphatic heterocycles. The van der Waals surface area contributed by atoms with Crippen molar-refractivity contribution in [2.75, 3.05) is 13.7 Å². The van der Waals surface area contributed by atoms with Crippen molar-refractivity contribution in [3.8, 4) is 5.75 Å². The fraction of sp³-hybridized carbons (Fsp3) is 0.500. The molecule has 0 radical (unpaired) electrons. The molecular weight excluding hydrogens is 458 g/mol. The molecule has 0 unspecified atom stereocenters. The van der Waals surface area contributed by atoms with Gasteiger partial charge < -0.3 is 9.47 Å². The zero-order valence-electron chi connectivity index (χ0n) is 19.6. The number of hydrogen-bond acceptors (Lipinski definition) is 7. The van der Waals surface area contributed by atoms with Gasteiger partial charge in [0.1, 0.15) is 11.8 Å². The Kier molecular flexibility index (Phi) is 9.40. The van der Waals surface area contributed by atoms with Crippen LogP contribution in [-0.2, 0) is 26.1 Å². The highest BCUT2D eigenvalue weighted by Crippen LogP contribution is 2.34. The molecule has 9 nitrogen and oxygen atoms in total. The van der Waals surface area contributed by atoms with E-state index in [2.05, 4.69) is 4.98 Å². The largest absolute Gasteiger partial charge is 0.497 e. The summed E-state index contributed by atoms with van der Waals surface area (Å²) < 4.78 is 39.9. The minimum atomic E-state index is -4.10. The molecule has 0 saturated heterocycles. The predicted octanol–water partition coefficient (Wildman–Crippen LogP) is 3.14. The van der Waals surface area contributed by atoms with Crippen LogP contribution >= 0.6 is 0 Å². The molecule has 1 amide bonds. The maximum absolute atomic E-state index is 13.8. The average molecular weight is 492 g/mol. The van der Waals surface area contributed by atoms with Gasteiger partial charge in [0.25, 0.3) is 5.91 Å². The van der Waals surface area contributed by atoms with Gasteiger partial charge >= 0.3 is 0 Å². The molecule has 1 aliphatic rings. The predicted molar refractivity (Wildman–Crippen MR) is 126 cm³/mol. The Balaban J connectivity index is 1.96. The molecular formula is C24H33N3O6S. The van der Waals surface area contributed by atoms with Crippen molar-refractivity contribution in [3.05, 3.63) is 54.4 Å². The molecule has 0 spiro atoms. The monoisotopic (exact) mass is 491 g/mol. The summed E-state index contributed by atoms with van der Waals surface area (Å²) in [6.45, 7) is 2.69. The van der Waals surface area contributed by atoms with E-state index in [4.69, 9.17) is 9.47 Å². The molecule has 1 aromatic carbocycles. The number of carbonyl (C=O) groups is 1. The smallest absolute Gasteiger partial charge is 0.262 e. The number of methoxy groups -OCH3 is 1. The Labute approximate surface area is 201 Å². The molecule has 1 atom stereocenters. The van der Waals surface area contributed by atoms with E-state index in [0.717, 1.165) is 19.3 Å². The zero-order valence-corrected chi connectivity index (χ0v) is 20.4. The normalized spacial score (nSPS) is 19.5. The van der Waals surface area contributed by atoms with Gasteiger partial charge in [-0.1, -0.05) is 6.92 Å². The third kappa shape index (κ3) is 6.32. The fourth-order valence-electron chi connectivity index (χ4n) is 4.39. The Morgan fingerprint density at radius 1 is 1.15 bits per heavy atom. The van der Waals surface area contributed by atoms with Gasteiger partial charge in [0.05, 0.1) is 18.1 Å². The zero-order chi connectivity index (χ0) is 24.6. The molecule has 2 aromatic rings. The van der Waals surface area contributed by atoms with E-state index in [9.17, 15) is 18.4 Å². The molecule has 1 fully saturated rings. The van der Waals surface area contributed by atoms with Crippen LogP contribution in [0.25, 0.3) is 0 Å². The minimum Gasteiger partial charge on any atom is -0.497 e. The second-order valence-electron chi connectivity index (χ2n) is 8.41. The van der Waals surface area contributed by atoms with Gasteiger partial charge in [0, 0.05) is 25.5 Å². The summed E-state index contributed by atoms with van der Waals surface area (Å²) in [5.41, 5.74) is 2.39. The summed E-state index contributed by atoms with van der Waals surface area (Å²) in [6, 6.07) is 8.37. The number of aromatic nitrogens is 1. The van der Waals surface area contributed by atoms with Crippen LogP contribution in [0.4, 0.5) is 0 Å². The number of sulfonamides is 1. The van der Waals surface area contributed by atoms with E-state index in [0.29, 0.717) is 30.8 Å². The van der Waals surface area contributed by atoms with Crippen LogP contribution in [0.15, 0.2) is 53.7 Å². The lowest BCUT2D eigenvalue weighted by Crippen LogP contribution is -2.53. The van der Waals surface area contributed by atoms with E-state index in [1.807, 2.05) is 6.92 Å². The number of rotatable bonds is 11. The molecule has 1 heterocycles. The maximum Gasteiger partial charge on any atom is 0.262 e. The van der Waals surface area contributed by atoms with Crippen molar-refractivity contribution < 1.29 is 27.9 Å². The molecule has 1 saturated carbocycles. The van der Waals surface area contributed by atoms with Crippen molar-refractivity contribution in [1.29, 1.82) is 0 Å². The first-order chi connectivity index (χ1) is 16.4. The summed E-state index contributed by atoms with van der Waals surface area (Å²) in [5.74, 6) is -0.498. The minimum absolute atomic E-state index is 0.0399. The lowest BCUT2D eigenvalue weighted by atomic mass is 9.82. The van der Waals surface area contributed by atoms with Crippen molar-refractivity contribution in [1.82, 2.24) is 14.8 Å². The van der Waals surface area contributed by atoms with E-state index in [1.54, 1.807) is 42.1 Å². The first-order valence-corrected chi connectivity index (χ1v) is 12.9. The van der Waals surface area contributed by atoms with Crippen LogP contribution in [0.1, 0.15) is 44.6 Å². The second-order valence-corrected chi connectivity index (χ2v) is 10.3. The highest BCUT2D eigenvalue weighted by molar-refractivity contribution is 7.89. The number of hydroxylamine groups is 1. The SMILES string of the molecule is CCCOC1CCC([C@H](C(=O)NO)N(Cc2ccncc2)S(=O)(=O)c2ccc(OC)cc2)CC1. The van der Waals surface area contributed by atoms with Gasteiger partial charge in [0.2, 0.25) is 10.0 Å². The average Bonchev–Trinajstić information content (AvgIpc) is 2.88. The molecule has 186 valence electrons. The van der Waals surface area contributed by atoms with Crippen LogP contribution in [-0.4, -0.2) is 54.7 Å². The first kappa shape index (κ1) is 26.1. The van der Waals surface area contributed by atoms with Gasteiger partial charge in [-0.3, -0.25) is 15.0 Å². The third-order valence-electron chi connectivity index (χ3n) is 6.17. The van der Waals surface area contributed by atoms with Crippen LogP contribution in [0.5, 0.6) is 5.75 Å². The van der Waals surface area contributed by atoms with E-state index in [-0.39, 0.29) is 23.5 Å². The van der Waals surface area contributed by atoms with Gasteiger partial charge in [-0.05, 0) is 80.0 Å². The number of pyridine rings is 1. The topological polar surface area (TPSA) is 118 Å². The third-order valence-corrected chi connectivity index (χ3v) is 8.01. The number of hydrogen-bond donors (Lipinski definition) is 2. The fourth-order valence-corrected chi connectivity index (χ4v) is 6.02. The first-order valence-electron chi connectivity index (χ1n) is 11.5. The van der Waals surface area contributed by atoms with Crippen molar-refractivity contribution in [2.24, 2.45) is 5.92 Å². The Morgan fingerprint density at radius 2 is 1.79 bits per heavy atom. The van der Waals surface area contributed by atoms with Crippen LogP contribution < -0.4 is 10.2 Å². The molecule has 34 heavy (non-hydrogen) atoms. The van der Waals surface area contributed by atoms with E-state index < -0.39 is 22.0 Å². The van der Waals surface area contributed by atoms with Gasteiger partial charge in [0.15, 0.2) is 0 Å². The molecule has 10 heteroatoms. The van der Waals surface area contributed by atoms with Crippen LogP contribution in [0.2, 0.25) is 0 Å². The summed E-state index contributed by atoms with van der Waals surface area (Å²) >= 11 is 0. The summed E-state index contributed by atoms with van der Waals surface area (Å²) in [6.07, 6.45) is 6.85. The highest BCUT2D eigenvalue weighted by Gasteiger charge is 2.42. The summed E-state index contributed by atoms with van der Waals surface area (Å²) in [4.78, 5) is 17.0. The second kappa shape index (κ2) is 12.3. The molecule has 2 N–H and O–H groups in total. The number of carbonyl (C=O) groups excluding carboxylic acids is 1. The Hall–Kier alpha value is -2.53. The lowest BCUT2D eigenvalue weighted by molar-refractivity contribution is -0.136. The molecule has 1 aliphatic carbocycles. The van der Waals surface area contributed by atoms with Gasteiger partial charge in [-0.2, -0.15) is 4.31 Å². The lowest BCUT2D eigenvalue weighted by Gasteiger charge is -2.38. The molecule has 0 bridgehead atoms. The number of benzene rings is 1. The Bertz CT molecular complexity index is 1010. The van der Waals surface area contributed by atoms with Crippen molar-refractivity contribution in [2.45, 2.75) is 62.6 Å². The van der Waals surface area contributed by atoms with Crippen molar-refractivity contribution >= 4 is 15.9 Å². The molecule has 3 rings (SSSR count). The number of nitrogens with one attached hydrogen (secondary N) is 1. The maximum atomic E-state index is 13.8. The van der Waals surface area contributed by atoms with Crippen LogP contribution in [0.3, 0.4) is 0 Å². The van der Waals surface area contributed by atoms with E-state index >= 15 is 0 Å². The van der Waals surface area contributed by atoms with Gasteiger partial charge in [-0.15, -0.1) is 0 Å². The number of nitrogens with zero attached hydrogens (tertiary/aromatic N) is 2. The molecule has 1 aromatic heterocycles. The quantitative estimate of drug-likeness (QED) is 0.366.